The van der Waals surface area contributed by atoms with Crippen LogP contribution < -0.4 is 10.1 Å². The molecule has 0 saturated heterocycles. The van der Waals surface area contributed by atoms with E-state index < -0.39 is 0 Å². The van der Waals surface area contributed by atoms with Crippen LogP contribution in [0.5, 0.6) is 5.75 Å². The summed E-state index contributed by atoms with van der Waals surface area (Å²) in [6, 6.07) is 28.4. The molecule has 2 heterocycles. The molecule has 0 radical (unpaired) electrons. The van der Waals surface area contributed by atoms with Crippen molar-refractivity contribution in [3.8, 4) is 5.75 Å². The van der Waals surface area contributed by atoms with Crippen molar-refractivity contribution in [1.29, 1.82) is 0 Å². The number of methoxy groups -OCH3 is 1. The number of carbonyl (C=O) groups is 1. The van der Waals surface area contributed by atoms with Crippen molar-refractivity contribution in [2.45, 2.75) is 30.6 Å². The van der Waals surface area contributed by atoms with Crippen LogP contribution in [0.3, 0.4) is 0 Å². The number of thioether (sulfide) groups is 1. The molecule has 41 heavy (non-hydrogen) atoms. The van der Waals surface area contributed by atoms with E-state index in [0.29, 0.717) is 11.6 Å². The molecule has 5 aromatic rings. The quantitative estimate of drug-likeness (QED) is 0.192. The Hall–Kier alpha value is -4.21. The molecule has 1 aromatic heterocycles. The fraction of sp³-hybridized carbons (Fsp3) is 0.188. The summed E-state index contributed by atoms with van der Waals surface area (Å²) in [5.41, 5.74) is 6.32. The molecule has 0 unspecified atom stereocenters. The Balaban J connectivity index is 1.21. The molecular weight excluding hydrogens is 551 g/mol. The summed E-state index contributed by atoms with van der Waals surface area (Å²) >= 11 is 2.82. The van der Waals surface area contributed by atoms with Crippen molar-refractivity contribution >= 4 is 56.3 Å². The van der Waals surface area contributed by atoms with Gasteiger partial charge in [0.05, 0.1) is 24.6 Å². The highest BCUT2D eigenvalue weighted by atomic mass is 32.2. The molecule has 1 atom stereocenters. The van der Waals surface area contributed by atoms with Crippen LogP contribution in [0.25, 0.3) is 10.8 Å². The summed E-state index contributed by atoms with van der Waals surface area (Å²) in [5.74, 6) is 0.905. The molecule has 0 fully saturated rings. The first-order valence-corrected chi connectivity index (χ1v) is 15.1. The maximum atomic E-state index is 13.6. The van der Waals surface area contributed by atoms with Gasteiger partial charge in [0, 0.05) is 12.1 Å². The lowest BCUT2D eigenvalue weighted by atomic mass is 9.97. The van der Waals surface area contributed by atoms with Gasteiger partial charge in [-0.05, 0) is 71.1 Å². The zero-order valence-corrected chi connectivity index (χ0v) is 24.6. The second-order valence-electron chi connectivity index (χ2n) is 9.87. The summed E-state index contributed by atoms with van der Waals surface area (Å²) in [7, 11) is 1.65. The maximum Gasteiger partial charge on any atom is 0.253 e. The molecule has 0 aliphatic carbocycles. The first-order valence-electron chi connectivity index (χ1n) is 13.3. The van der Waals surface area contributed by atoms with E-state index in [2.05, 4.69) is 65.8 Å². The van der Waals surface area contributed by atoms with Crippen molar-refractivity contribution in [1.82, 2.24) is 15.2 Å². The Kier molecular flexibility index (Phi) is 7.71. The van der Waals surface area contributed by atoms with E-state index in [1.807, 2.05) is 48.5 Å². The normalized spacial score (nSPS) is 14.8. The third kappa shape index (κ3) is 5.82. The van der Waals surface area contributed by atoms with Crippen LogP contribution in [0.2, 0.25) is 0 Å². The zero-order chi connectivity index (χ0) is 28.3. The molecule has 206 valence electrons. The van der Waals surface area contributed by atoms with Crippen LogP contribution in [-0.4, -0.2) is 39.7 Å². The van der Waals surface area contributed by atoms with Gasteiger partial charge in [-0.2, -0.15) is 5.10 Å². The zero-order valence-electron chi connectivity index (χ0n) is 23.0. The fourth-order valence-corrected chi connectivity index (χ4v) is 6.50. The molecule has 6 rings (SSSR count). The first-order chi connectivity index (χ1) is 20.0. The van der Waals surface area contributed by atoms with Gasteiger partial charge in [0.15, 0.2) is 4.34 Å². The predicted octanol–water partition coefficient (Wildman–Crippen LogP) is 7.53. The highest BCUT2D eigenvalue weighted by Gasteiger charge is 2.33. The Labute approximate surface area is 247 Å². The number of rotatable bonds is 8. The summed E-state index contributed by atoms with van der Waals surface area (Å²) in [4.78, 5) is 13.6. The second-order valence-corrected chi connectivity index (χ2v) is 12.1. The summed E-state index contributed by atoms with van der Waals surface area (Å²) in [6.07, 6.45) is 0.629. The largest absolute Gasteiger partial charge is 0.497 e. The number of nitrogens with zero attached hydrogens (tertiary/aromatic N) is 4. The fourth-order valence-electron chi connectivity index (χ4n) is 4.88. The average molecular weight is 580 g/mol. The SMILES string of the molecule is COc1ccc([C@H]2CC(c3ccc4ccccc4c3)=NN2C(=O)CSc2nnc(Nc3cccc(C)c3C)s2)cc1. The van der Waals surface area contributed by atoms with Crippen molar-refractivity contribution in [3.63, 3.8) is 0 Å². The van der Waals surface area contributed by atoms with Gasteiger partial charge in [-0.3, -0.25) is 4.79 Å². The van der Waals surface area contributed by atoms with E-state index in [1.165, 1.54) is 39.6 Å². The van der Waals surface area contributed by atoms with Gasteiger partial charge in [0.1, 0.15) is 5.75 Å². The maximum absolute atomic E-state index is 13.6. The lowest BCUT2D eigenvalue weighted by Crippen LogP contribution is -2.28. The number of hydrogen-bond acceptors (Lipinski definition) is 8. The number of hydrogen-bond donors (Lipinski definition) is 1. The van der Waals surface area contributed by atoms with Gasteiger partial charge in [-0.15, -0.1) is 10.2 Å². The van der Waals surface area contributed by atoms with Crippen LogP contribution in [0.1, 0.15) is 34.7 Å². The smallest absolute Gasteiger partial charge is 0.253 e. The van der Waals surface area contributed by atoms with E-state index >= 15 is 0 Å². The van der Waals surface area contributed by atoms with Crippen molar-refractivity contribution < 1.29 is 9.53 Å². The molecule has 0 saturated carbocycles. The minimum absolute atomic E-state index is 0.0779. The Bertz CT molecular complexity index is 1750. The number of aryl methyl sites for hydroxylation is 1. The monoisotopic (exact) mass is 579 g/mol. The molecule has 1 aliphatic heterocycles. The molecule has 1 N–H and O–H groups in total. The third-order valence-corrected chi connectivity index (χ3v) is 9.28. The Morgan fingerprint density at radius 2 is 1.80 bits per heavy atom. The van der Waals surface area contributed by atoms with Crippen LogP contribution in [0.15, 0.2) is 94.4 Å². The molecule has 0 spiro atoms. The first kappa shape index (κ1) is 27.0. The lowest BCUT2D eigenvalue weighted by Gasteiger charge is -2.22. The molecule has 4 aromatic carbocycles. The molecule has 1 amide bonds. The lowest BCUT2D eigenvalue weighted by molar-refractivity contribution is -0.130. The summed E-state index contributed by atoms with van der Waals surface area (Å²) < 4.78 is 6.07. The number of anilines is 2. The second kappa shape index (κ2) is 11.7. The van der Waals surface area contributed by atoms with Gasteiger partial charge >= 0.3 is 0 Å². The number of ether oxygens (including phenoxy) is 1. The van der Waals surface area contributed by atoms with Gasteiger partial charge in [0.2, 0.25) is 5.13 Å². The van der Waals surface area contributed by atoms with Gasteiger partial charge < -0.3 is 10.1 Å². The topological polar surface area (TPSA) is 79.7 Å². The third-order valence-electron chi connectivity index (χ3n) is 7.32. The molecule has 9 heteroatoms. The number of amides is 1. The standard InChI is InChI=1S/C32H29N5O2S2/c1-20-7-6-10-27(21(20)2)33-31-34-35-32(41-31)40-19-30(38)37-29(23-13-15-26(39-3)16-14-23)18-28(36-37)25-12-11-22-8-4-5-9-24(22)17-25/h4-17,29H,18-19H2,1-3H3,(H,33,34)/t29-/m1/s1. The van der Waals surface area contributed by atoms with Gasteiger partial charge in [0.25, 0.3) is 5.91 Å². The van der Waals surface area contributed by atoms with Crippen LogP contribution in [0, 0.1) is 13.8 Å². The van der Waals surface area contributed by atoms with E-state index in [0.717, 1.165) is 38.0 Å². The minimum atomic E-state index is -0.202. The highest BCUT2D eigenvalue weighted by Crippen LogP contribution is 2.36. The number of carbonyl (C=O) groups excluding carboxylic acids is 1. The van der Waals surface area contributed by atoms with Crippen molar-refractivity contribution in [2.24, 2.45) is 5.10 Å². The number of fused-ring (bicyclic) bond motifs is 1. The molecule has 0 bridgehead atoms. The molecular formula is C32H29N5O2S2. The Morgan fingerprint density at radius 1 is 1.00 bits per heavy atom. The highest BCUT2D eigenvalue weighted by molar-refractivity contribution is 8.01. The number of aromatic nitrogens is 2. The van der Waals surface area contributed by atoms with Crippen LogP contribution in [-0.2, 0) is 4.79 Å². The number of nitrogens with one attached hydrogen (secondary N) is 1. The summed E-state index contributed by atoms with van der Waals surface area (Å²) in [5, 5.41) is 21.5. The van der Waals surface area contributed by atoms with E-state index in [4.69, 9.17) is 9.84 Å². The van der Waals surface area contributed by atoms with E-state index in [9.17, 15) is 4.79 Å². The average Bonchev–Trinajstić information content (AvgIpc) is 3.66. The molecule has 7 nitrogen and oxygen atoms in total. The molecule has 1 aliphatic rings. The van der Waals surface area contributed by atoms with Crippen LogP contribution >= 0.6 is 23.1 Å². The van der Waals surface area contributed by atoms with E-state index in [-0.39, 0.29) is 17.7 Å². The minimum Gasteiger partial charge on any atom is -0.497 e. The summed E-state index contributed by atoms with van der Waals surface area (Å²) in [6.45, 7) is 4.16. The van der Waals surface area contributed by atoms with E-state index in [1.54, 1.807) is 12.1 Å². The Morgan fingerprint density at radius 3 is 2.61 bits per heavy atom. The predicted molar refractivity (Wildman–Crippen MR) is 168 cm³/mol. The van der Waals surface area contributed by atoms with Crippen molar-refractivity contribution in [2.75, 3.05) is 18.2 Å². The van der Waals surface area contributed by atoms with Gasteiger partial charge in [-0.25, -0.2) is 5.01 Å². The van der Waals surface area contributed by atoms with Crippen LogP contribution in [0.4, 0.5) is 10.8 Å². The van der Waals surface area contributed by atoms with Crippen molar-refractivity contribution in [3.05, 3.63) is 107 Å². The van der Waals surface area contributed by atoms with Gasteiger partial charge in [-0.1, -0.05) is 83.8 Å². The number of benzene rings is 4. The number of hydrazone groups is 1.